The van der Waals surface area contributed by atoms with Crippen molar-refractivity contribution in [3.8, 4) is 0 Å². The Balaban J connectivity index is 3.15. The van der Waals surface area contributed by atoms with Crippen molar-refractivity contribution >= 4 is 5.97 Å². The lowest BCUT2D eigenvalue weighted by atomic mass is 10.3. The number of ether oxygens (including phenoxy) is 1. The van der Waals surface area contributed by atoms with Gasteiger partial charge in [0.1, 0.15) is 5.69 Å². The van der Waals surface area contributed by atoms with Gasteiger partial charge in [-0.15, -0.1) is 5.10 Å². The van der Waals surface area contributed by atoms with Crippen LogP contribution in [0.15, 0.2) is 0 Å². The quantitative estimate of drug-likeness (QED) is 0.746. The normalized spacial score (nSPS) is 11.2. The lowest BCUT2D eigenvalue weighted by Crippen LogP contribution is -2.12. The van der Waals surface area contributed by atoms with Crippen LogP contribution in [0.1, 0.15) is 49.4 Å². The molecule has 1 aromatic heterocycles. The third-order valence-electron chi connectivity index (χ3n) is 1.90. The van der Waals surface area contributed by atoms with Crippen LogP contribution in [0, 0.1) is 0 Å². The van der Waals surface area contributed by atoms with Gasteiger partial charge in [-0.2, -0.15) is 0 Å². The van der Waals surface area contributed by atoms with E-state index < -0.39 is 23.8 Å². The maximum atomic E-state index is 12.8. The molecule has 0 aliphatic heterocycles. The van der Waals surface area contributed by atoms with Gasteiger partial charge in [-0.05, 0) is 20.8 Å². The van der Waals surface area contributed by atoms with Crippen molar-refractivity contribution in [2.45, 2.75) is 33.2 Å². The highest BCUT2D eigenvalue weighted by atomic mass is 19.3. The zero-order valence-corrected chi connectivity index (χ0v) is 9.28. The van der Waals surface area contributed by atoms with Crippen LogP contribution in [-0.4, -0.2) is 27.6 Å². The van der Waals surface area contributed by atoms with E-state index in [-0.39, 0.29) is 12.6 Å². The van der Waals surface area contributed by atoms with Crippen LogP contribution < -0.4 is 0 Å². The number of hydrogen-bond acceptors (Lipinski definition) is 4. The first-order valence-electron chi connectivity index (χ1n) is 4.89. The standard InChI is InChI=1S/C9H13F2N3O2/c1-4-16-9(15)6-7(8(10)11)14(5(2)3)13-12-6/h5,8H,4H2,1-3H3. The van der Waals surface area contributed by atoms with Crippen molar-refractivity contribution in [3.63, 3.8) is 0 Å². The predicted molar refractivity (Wildman–Crippen MR) is 51.3 cm³/mol. The fourth-order valence-electron chi connectivity index (χ4n) is 1.23. The van der Waals surface area contributed by atoms with Gasteiger partial charge < -0.3 is 4.74 Å². The number of alkyl halides is 2. The first-order chi connectivity index (χ1) is 7.49. The maximum Gasteiger partial charge on any atom is 0.361 e. The Morgan fingerprint density at radius 2 is 2.12 bits per heavy atom. The molecule has 0 saturated carbocycles. The van der Waals surface area contributed by atoms with Crippen molar-refractivity contribution < 1.29 is 18.3 Å². The summed E-state index contributed by atoms with van der Waals surface area (Å²) < 4.78 is 31.2. The average molecular weight is 233 g/mol. The van der Waals surface area contributed by atoms with Gasteiger partial charge in [0.05, 0.1) is 6.61 Å². The van der Waals surface area contributed by atoms with Crippen molar-refractivity contribution in [2.24, 2.45) is 0 Å². The number of carbonyl (C=O) groups excluding carboxylic acids is 1. The Hall–Kier alpha value is -1.53. The van der Waals surface area contributed by atoms with Crippen molar-refractivity contribution in [3.05, 3.63) is 11.4 Å². The van der Waals surface area contributed by atoms with E-state index in [4.69, 9.17) is 0 Å². The molecule has 1 rings (SSSR count). The summed E-state index contributed by atoms with van der Waals surface area (Å²) in [5, 5.41) is 6.96. The van der Waals surface area contributed by atoms with Gasteiger partial charge in [-0.1, -0.05) is 5.21 Å². The van der Waals surface area contributed by atoms with Gasteiger partial charge in [-0.25, -0.2) is 18.3 Å². The molecule has 0 fully saturated rings. The molecule has 5 nitrogen and oxygen atoms in total. The number of hydrogen-bond donors (Lipinski definition) is 0. The van der Waals surface area contributed by atoms with E-state index in [1.54, 1.807) is 20.8 Å². The second kappa shape index (κ2) is 5.00. The molecule has 0 radical (unpaired) electrons. The zero-order chi connectivity index (χ0) is 12.3. The topological polar surface area (TPSA) is 57.0 Å². The van der Waals surface area contributed by atoms with Crippen molar-refractivity contribution in [2.75, 3.05) is 6.61 Å². The Bertz CT molecular complexity index is 377. The van der Waals surface area contributed by atoms with E-state index in [9.17, 15) is 13.6 Å². The van der Waals surface area contributed by atoms with Gasteiger partial charge in [0.25, 0.3) is 6.43 Å². The Labute approximate surface area is 91.4 Å². The minimum Gasteiger partial charge on any atom is -0.461 e. The van der Waals surface area contributed by atoms with Crippen LogP contribution in [-0.2, 0) is 4.74 Å². The molecule has 0 atom stereocenters. The Morgan fingerprint density at radius 3 is 2.56 bits per heavy atom. The van der Waals surface area contributed by atoms with E-state index in [1.807, 2.05) is 0 Å². The molecule has 16 heavy (non-hydrogen) atoms. The molecule has 1 aromatic rings. The fraction of sp³-hybridized carbons (Fsp3) is 0.667. The number of rotatable bonds is 4. The fourth-order valence-corrected chi connectivity index (χ4v) is 1.23. The van der Waals surface area contributed by atoms with E-state index in [2.05, 4.69) is 15.0 Å². The van der Waals surface area contributed by atoms with E-state index >= 15 is 0 Å². The molecule has 1 heterocycles. The molecule has 7 heteroatoms. The second-order valence-corrected chi connectivity index (χ2v) is 3.38. The highest BCUT2D eigenvalue weighted by Crippen LogP contribution is 2.24. The highest BCUT2D eigenvalue weighted by Gasteiger charge is 2.28. The van der Waals surface area contributed by atoms with E-state index in [0.29, 0.717) is 0 Å². The molecule has 0 aliphatic carbocycles. The van der Waals surface area contributed by atoms with Crippen molar-refractivity contribution in [1.82, 2.24) is 15.0 Å². The van der Waals surface area contributed by atoms with Crippen LogP contribution in [0.3, 0.4) is 0 Å². The lowest BCUT2D eigenvalue weighted by Gasteiger charge is -2.09. The summed E-state index contributed by atoms with van der Waals surface area (Å²) in [4.78, 5) is 11.3. The zero-order valence-electron chi connectivity index (χ0n) is 9.28. The minimum atomic E-state index is -2.81. The smallest absolute Gasteiger partial charge is 0.361 e. The molecule has 0 N–H and O–H groups in total. The van der Waals surface area contributed by atoms with Gasteiger partial charge >= 0.3 is 5.97 Å². The van der Waals surface area contributed by atoms with Crippen LogP contribution in [0.25, 0.3) is 0 Å². The van der Waals surface area contributed by atoms with E-state index in [0.717, 1.165) is 4.68 Å². The molecule has 0 unspecified atom stereocenters. The molecule has 0 aromatic carbocycles. The maximum absolute atomic E-state index is 12.8. The molecule has 0 spiro atoms. The molecular weight excluding hydrogens is 220 g/mol. The molecule has 90 valence electrons. The molecule has 0 amide bonds. The first-order valence-corrected chi connectivity index (χ1v) is 4.89. The second-order valence-electron chi connectivity index (χ2n) is 3.38. The Kier molecular flexibility index (Phi) is 3.92. The van der Waals surface area contributed by atoms with Crippen LogP contribution in [0.4, 0.5) is 8.78 Å². The van der Waals surface area contributed by atoms with Gasteiger partial charge in [-0.3, -0.25) is 0 Å². The monoisotopic (exact) mass is 233 g/mol. The number of nitrogens with zero attached hydrogens (tertiary/aromatic N) is 3. The first kappa shape index (κ1) is 12.5. The number of aromatic nitrogens is 3. The highest BCUT2D eigenvalue weighted by molar-refractivity contribution is 5.88. The third-order valence-corrected chi connectivity index (χ3v) is 1.90. The molecule has 0 bridgehead atoms. The summed E-state index contributed by atoms with van der Waals surface area (Å²) in [6.45, 7) is 5.05. The number of carbonyl (C=O) groups is 1. The van der Waals surface area contributed by atoms with Gasteiger partial charge in [0.2, 0.25) is 0 Å². The lowest BCUT2D eigenvalue weighted by molar-refractivity contribution is 0.0506. The summed E-state index contributed by atoms with van der Waals surface area (Å²) in [6.07, 6.45) is -2.81. The third kappa shape index (κ3) is 2.34. The summed E-state index contributed by atoms with van der Waals surface area (Å²) in [5.74, 6) is -0.871. The predicted octanol–water partition coefficient (Wildman–Crippen LogP) is 1.97. The summed E-state index contributed by atoms with van der Waals surface area (Å²) in [6, 6.07) is -0.292. The van der Waals surface area contributed by atoms with Gasteiger partial charge in [0, 0.05) is 6.04 Å². The number of halogens is 2. The summed E-state index contributed by atoms with van der Waals surface area (Å²) in [7, 11) is 0. The Morgan fingerprint density at radius 1 is 1.50 bits per heavy atom. The molecular formula is C9H13F2N3O2. The van der Waals surface area contributed by atoms with Crippen LogP contribution >= 0.6 is 0 Å². The van der Waals surface area contributed by atoms with Gasteiger partial charge in [0.15, 0.2) is 5.69 Å². The molecule has 0 aliphatic rings. The summed E-state index contributed by atoms with van der Waals surface area (Å²) in [5.41, 5.74) is -0.904. The van der Waals surface area contributed by atoms with Crippen LogP contribution in [0.2, 0.25) is 0 Å². The summed E-state index contributed by atoms with van der Waals surface area (Å²) >= 11 is 0. The largest absolute Gasteiger partial charge is 0.461 e. The number of esters is 1. The molecule has 0 saturated heterocycles. The minimum absolute atomic E-state index is 0.107. The average Bonchev–Trinajstić information content (AvgIpc) is 2.61. The SMILES string of the molecule is CCOC(=O)c1nnn(C(C)C)c1C(F)F. The van der Waals surface area contributed by atoms with Crippen molar-refractivity contribution in [1.29, 1.82) is 0 Å². The van der Waals surface area contributed by atoms with E-state index in [1.165, 1.54) is 0 Å². The van der Waals surface area contributed by atoms with Crippen LogP contribution in [0.5, 0.6) is 0 Å².